The number of hydrogen-bond donors (Lipinski definition) is 1. The summed E-state index contributed by atoms with van der Waals surface area (Å²) in [5.41, 5.74) is -0.0456. The van der Waals surface area contributed by atoms with Crippen LogP contribution in [0.5, 0.6) is 0 Å². The highest BCUT2D eigenvalue weighted by Crippen LogP contribution is 2.47. The van der Waals surface area contributed by atoms with Crippen molar-refractivity contribution in [2.75, 3.05) is 0 Å². The summed E-state index contributed by atoms with van der Waals surface area (Å²) in [5, 5.41) is 10.9. The molecule has 0 amide bonds. The first kappa shape index (κ1) is 21.8. The molecule has 0 heterocycles. The number of aliphatic hydroxyl groups is 1. The van der Waals surface area contributed by atoms with Crippen molar-refractivity contribution in [3.05, 3.63) is 12.2 Å². The number of Topliss-reactive ketones (excluding diaryl/α,β-unsaturated/α-hetero) is 1. The van der Waals surface area contributed by atoms with Crippen LogP contribution in [0.4, 0.5) is 0 Å². The van der Waals surface area contributed by atoms with E-state index in [1.165, 1.54) is 0 Å². The Morgan fingerprint density at radius 3 is 2.46 bits per heavy atom. The van der Waals surface area contributed by atoms with Crippen molar-refractivity contribution in [1.29, 1.82) is 0 Å². The maximum atomic E-state index is 12.5. The Balaban J connectivity index is 2.18. The summed E-state index contributed by atoms with van der Waals surface area (Å²) in [4.78, 5) is 12.5. The zero-order valence-electron chi connectivity index (χ0n) is 17.6. The van der Waals surface area contributed by atoms with Gasteiger partial charge >= 0.3 is 0 Å². The van der Waals surface area contributed by atoms with E-state index in [1.807, 2.05) is 0 Å². The van der Waals surface area contributed by atoms with Crippen LogP contribution in [-0.2, 0) is 9.22 Å². The third kappa shape index (κ3) is 4.88. The van der Waals surface area contributed by atoms with Gasteiger partial charge in [-0.05, 0) is 61.6 Å². The highest BCUT2D eigenvalue weighted by Gasteiger charge is 2.47. The molecule has 1 N–H and O–H groups in total. The van der Waals surface area contributed by atoms with Gasteiger partial charge < -0.3 is 9.53 Å². The Morgan fingerprint density at radius 2 is 1.85 bits per heavy atom. The normalized spacial score (nSPS) is 37.8. The summed E-state index contributed by atoms with van der Waals surface area (Å²) in [7, 11) is -1.65. The van der Waals surface area contributed by atoms with Crippen molar-refractivity contribution < 1.29 is 14.3 Å². The highest BCUT2D eigenvalue weighted by atomic mass is 28.4. The van der Waals surface area contributed by atoms with Crippen molar-refractivity contribution >= 4 is 14.1 Å². The molecule has 0 bridgehead atoms. The number of carbonyl (C=O) groups is 1. The fourth-order valence-corrected chi connectivity index (χ4v) is 8.07. The van der Waals surface area contributed by atoms with E-state index < -0.39 is 14.4 Å². The summed E-state index contributed by atoms with van der Waals surface area (Å²) < 4.78 is 6.75. The Hall–Kier alpha value is -0.453. The minimum absolute atomic E-state index is 0.0456. The number of fused-ring (bicyclic) bond motifs is 1. The molecule has 0 saturated heterocycles. The minimum atomic E-state index is -1.65. The average Bonchev–Trinajstić information content (AvgIpc) is 2.90. The number of aliphatic hydroxyl groups excluding tert-OH is 1. The van der Waals surface area contributed by atoms with Gasteiger partial charge in [-0.1, -0.05) is 46.8 Å². The zero-order valence-corrected chi connectivity index (χ0v) is 18.6. The second-order valence-corrected chi connectivity index (χ2v) is 13.8. The van der Waals surface area contributed by atoms with Gasteiger partial charge in [-0.25, -0.2) is 0 Å². The molecule has 4 heteroatoms. The van der Waals surface area contributed by atoms with Crippen LogP contribution < -0.4 is 0 Å². The number of allylic oxidation sites excluding steroid dienone is 1. The molecule has 0 radical (unpaired) electrons. The summed E-state index contributed by atoms with van der Waals surface area (Å²) in [6, 6.07) is 3.49. The fraction of sp³-hybridized carbons (Fsp3) is 0.864. The van der Waals surface area contributed by atoms with Crippen molar-refractivity contribution in [2.45, 2.75) is 103 Å². The largest absolute Gasteiger partial charge is 0.411 e. The Kier molecular flexibility index (Phi) is 7.70. The average molecular weight is 381 g/mol. The third-order valence-corrected chi connectivity index (χ3v) is 11.9. The van der Waals surface area contributed by atoms with Crippen molar-refractivity contribution in [1.82, 2.24) is 0 Å². The topological polar surface area (TPSA) is 46.5 Å². The monoisotopic (exact) mass is 380 g/mol. The van der Waals surface area contributed by atoms with Gasteiger partial charge in [-0.3, -0.25) is 4.79 Å². The van der Waals surface area contributed by atoms with E-state index in [1.54, 1.807) is 0 Å². The van der Waals surface area contributed by atoms with Gasteiger partial charge in [0.25, 0.3) is 0 Å². The van der Waals surface area contributed by atoms with Gasteiger partial charge in [0, 0.05) is 12.3 Å². The molecule has 1 fully saturated rings. The third-order valence-electron chi connectivity index (χ3n) is 7.27. The quantitative estimate of drug-likeness (QED) is 0.507. The van der Waals surface area contributed by atoms with E-state index in [2.05, 4.69) is 46.8 Å². The van der Waals surface area contributed by atoms with Gasteiger partial charge in [0.05, 0.1) is 12.2 Å². The summed E-state index contributed by atoms with van der Waals surface area (Å²) in [5.74, 6) is 0.455. The molecule has 2 aliphatic carbocycles. The van der Waals surface area contributed by atoms with Gasteiger partial charge in [0.1, 0.15) is 5.78 Å². The zero-order chi connectivity index (χ0) is 19.4. The van der Waals surface area contributed by atoms with Crippen LogP contribution in [0.2, 0.25) is 18.1 Å². The molecule has 3 nitrogen and oxygen atoms in total. The van der Waals surface area contributed by atoms with E-state index >= 15 is 0 Å². The lowest BCUT2D eigenvalue weighted by Gasteiger charge is -2.35. The molecular formula is C22H40O3Si. The first-order chi connectivity index (χ1) is 12.3. The molecule has 1 saturated carbocycles. The van der Waals surface area contributed by atoms with Crippen LogP contribution in [0.1, 0.15) is 73.1 Å². The fourth-order valence-electron chi connectivity index (χ4n) is 5.26. The lowest BCUT2D eigenvalue weighted by atomic mass is 9.72. The predicted octanol–water partition coefficient (Wildman–Crippen LogP) is 5.49. The van der Waals surface area contributed by atoms with E-state index in [-0.39, 0.29) is 23.2 Å². The van der Waals surface area contributed by atoms with E-state index in [0.717, 1.165) is 43.8 Å². The number of rotatable bonds is 5. The summed E-state index contributed by atoms with van der Waals surface area (Å²) in [6.45, 7) is 11.2. The van der Waals surface area contributed by atoms with Gasteiger partial charge in [0.15, 0.2) is 8.32 Å². The standard InChI is InChI=1S/C22H40O3Si/c1-6-26(7-2,8-3)25-18-11-9-10-13-22(5)14-12-19(23)21(22)20(24)16-17(4)15-18/h9,11,17-18,20-21,24H,6-8,10,12-16H2,1-5H3/b11-9-/t17-,18?,20-,21+,22-/m1/s1. The lowest BCUT2D eigenvalue weighted by molar-refractivity contribution is -0.127. The van der Waals surface area contributed by atoms with Gasteiger partial charge in [-0.15, -0.1) is 0 Å². The molecule has 0 aliphatic heterocycles. The summed E-state index contributed by atoms with van der Waals surface area (Å²) in [6.07, 6.45) is 9.38. The Bertz CT molecular complexity index is 491. The van der Waals surface area contributed by atoms with Crippen LogP contribution in [0, 0.1) is 17.3 Å². The molecule has 0 aromatic rings. The maximum Gasteiger partial charge on any atom is 0.192 e. The number of ketones is 1. The predicted molar refractivity (Wildman–Crippen MR) is 111 cm³/mol. The Labute approximate surface area is 161 Å². The molecule has 0 aromatic carbocycles. The molecule has 26 heavy (non-hydrogen) atoms. The molecule has 2 rings (SSSR count). The molecule has 1 unspecified atom stereocenters. The number of hydrogen-bond acceptors (Lipinski definition) is 3. The Morgan fingerprint density at radius 1 is 1.19 bits per heavy atom. The summed E-state index contributed by atoms with van der Waals surface area (Å²) >= 11 is 0. The van der Waals surface area contributed by atoms with E-state index in [0.29, 0.717) is 18.8 Å². The molecule has 5 atom stereocenters. The van der Waals surface area contributed by atoms with Crippen LogP contribution in [0.3, 0.4) is 0 Å². The second-order valence-electron chi connectivity index (χ2n) is 9.11. The van der Waals surface area contributed by atoms with Gasteiger partial charge in [0.2, 0.25) is 0 Å². The minimum Gasteiger partial charge on any atom is -0.411 e. The molecule has 150 valence electrons. The van der Waals surface area contributed by atoms with E-state index in [9.17, 15) is 9.90 Å². The van der Waals surface area contributed by atoms with Crippen molar-refractivity contribution in [2.24, 2.45) is 17.3 Å². The van der Waals surface area contributed by atoms with Gasteiger partial charge in [-0.2, -0.15) is 0 Å². The van der Waals surface area contributed by atoms with E-state index in [4.69, 9.17) is 4.43 Å². The molecular weight excluding hydrogens is 340 g/mol. The number of carbonyl (C=O) groups excluding carboxylic acids is 1. The van der Waals surface area contributed by atoms with Crippen LogP contribution >= 0.6 is 0 Å². The maximum absolute atomic E-state index is 12.5. The molecule has 2 aliphatic rings. The first-order valence-corrected chi connectivity index (χ1v) is 13.4. The van der Waals surface area contributed by atoms with Crippen molar-refractivity contribution in [3.63, 3.8) is 0 Å². The highest BCUT2D eigenvalue weighted by molar-refractivity contribution is 6.73. The lowest BCUT2D eigenvalue weighted by Crippen LogP contribution is -2.40. The van der Waals surface area contributed by atoms with Crippen LogP contribution in [0.15, 0.2) is 12.2 Å². The van der Waals surface area contributed by atoms with Crippen molar-refractivity contribution in [3.8, 4) is 0 Å². The van der Waals surface area contributed by atoms with Crippen LogP contribution in [0.25, 0.3) is 0 Å². The SMILES string of the molecule is CC[Si](CC)(CC)OC1/C=C\CC[C@]2(C)CCC(=O)[C@H]2[C@H](O)C[C@H](C)C1. The molecule has 0 aromatic heterocycles. The first-order valence-electron chi connectivity index (χ1n) is 10.8. The smallest absolute Gasteiger partial charge is 0.192 e. The van der Waals surface area contributed by atoms with Crippen LogP contribution in [-0.4, -0.2) is 31.4 Å². The molecule has 0 spiro atoms. The second kappa shape index (κ2) is 9.16.